The second kappa shape index (κ2) is 17.8. The summed E-state index contributed by atoms with van der Waals surface area (Å²) in [6.07, 6.45) is 0. The molecule has 0 rings (SSSR count). The fraction of sp³-hybridized carbons (Fsp3) is 1.00. The zero-order valence-corrected chi connectivity index (χ0v) is 17.9. The molecule has 0 fully saturated rings. The van der Waals surface area contributed by atoms with Gasteiger partial charge in [0.15, 0.2) is 0 Å². The third kappa shape index (κ3) is 12.9. The third-order valence-electron chi connectivity index (χ3n) is 4.24. The average Bonchev–Trinajstić information content (AvgIpc) is 2.51. The van der Waals surface area contributed by atoms with Crippen LogP contribution in [0.3, 0.4) is 0 Å². The zero-order chi connectivity index (χ0) is 17.4. The van der Waals surface area contributed by atoms with Crippen molar-refractivity contribution in [3.05, 3.63) is 5.32 Å². The number of rotatable bonds is 12. The Hall–Kier alpha value is 0.412. The quantitative estimate of drug-likeness (QED) is 0.496. The first-order valence-electron chi connectivity index (χ1n) is 9.44. The SMILES string of the molecule is CCN(CC)C(C)C[N-]CC(C)N(CC)CC.C[CH2][Al+][CH2]C. The Morgan fingerprint density at radius 3 is 1.18 bits per heavy atom. The van der Waals surface area contributed by atoms with Crippen LogP contribution in [0.15, 0.2) is 0 Å². The van der Waals surface area contributed by atoms with Crippen molar-refractivity contribution in [2.45, 2.75) is 78.0 Å². The topological polar surface area (TPSA) is 20.6 Å². The fourth-order valence-corrected chi connectivity index (χ4v) is 3.24. The van der Waals surface area contributed by atoms with E-state index in [9.17, 15) is 0 Å². The van der Waals surface area contributed by atoms with E-state index in [2.05, 4.69) is 65.2 Å². The van der Waals surface area contributed by atoms with Gasteiger partial charge in [-0.1, -0.05) is 41.5 Å². The summed E-state index contributed by atoms with van der Waals surface area (Å²) in [5.41, 5.74) is 0. The molecule has 0 aromatic heterocycles. The molecule has 3 nitrogen and oxygen atoms in total. The molecule has 0 radical (unpaired) electrons. The Morgan fingerprint density at radius 1 is 0.682 bits per heavy atom. The normalized spacial score (nSPS) is 13.5. The van der Waals surface area contributed by atoms with Crippen LogP contribution in [-0.2, 0) is 0 Å². The van der Waals surface area contributed by atoms with E-state index in [-0.39, 0.29) is 0 Å². The van der Waals surface area contributed by atoms with Gasteiger partial charge in [0, 0.05) is 0 Å². The van der Waals surface area contributed by atoms with Gasteiger partial charge in [-0.25, -0.2) is 0 Å². The summed E-state index contributed by atoms with van der Waals surface area (Å²) >= 11 is 0.815. The summed E-state index contributed by atoms with van der Waals surface area (Å²) in [5.74, 6) is 0. The molecule has 0 aliphatic carbocycles. The van der Waals surface area contributed by atoms with E-state index in [1.54, 1.807) is 0 Å². The van der Waals surface area contributed by atoms with Crippen molar-refractivity contribution in [1.29, 1.82) is 0 Å². The molecule has 0 heterocycles. The van der Waals surface area contributed by atoms with Gasteiger partial charge in [0.05, 0.1) is 0 Å². The van der Waals surface area contributed by atoms with E-state index in [0.29, 0.717) is 12.1 Å². The molecule has 0 saturated carbocycles. The van der Waals surface area contributed by atoms with Gasteiger partial charge in [-0.05, 0) is 38.3 Å². The van der Waals surface area contributed by atoms with Crippen molar-refractivity contribution in [1.82, 2.24) is 9.80 Å². The summed E-state index contributed by atoms with van der Waals surface area (Å²) in [6, 6.07) is 1.16. The van der Waals surface area contributed by atoms with Gasteiger partial charge in [-0.2, -0.15) is 0 Å². The van der Waals surface area contributed by atoms with E-state index in [1.807, 2.05) is 0 Å². The first-order valence-corrected chi connectivity index (χ1v) is 11.1. The summed E-state index contributed by atoms with van der Waals surface area (Å²) in [6.45, 7) is 24.4. The van der Waals surface area contributed by atoms with Crippen molar-refractivity contribution in [2.75, 3.05) is 39.3 Å². The minimum atomic E-state index is 0.578. The molecule has 4 heteroatoms. The molecular weight excluding hydrogens is 285 g/mol. The molecule has 0 aromatic carbocycles. The van der Waals surface area contributed by atoms with Gasteiger partial charge in [0.2, 0.25) is 0 Å². The van der Waals surface area contributed by atoms with Gasteiger partial charge in [-0.3, -0.25) is 0 Å². The van der Waals surface area contributed by atoms with Crippen LogP contribution in [0.5, 0.6) is 0 Å². The van der Waals surface area contributed by atoms with Gasteiger partial charge in [-0.15, -0.1) is 13.1 Å². The molecule has 0 saturated heterocycles. The number of likely N-dealkylation sites (N-methyl/N-ethyl adjacent to an activating group) is 2. The predicted molar refractivity (Wildman–Crippen MR) is 105 cm³/mol. The third-order valence-corrected chi connectivity index (χ3v) is 5.39. The van der Waals surface area contributed by atoms with E-state index in [1.165, 1.54) is 10.6 Å². The Balaban J connectivity index is 0. The van der Waals surface area contributed by atoms with E-state index in [0.717, 1.165) is 54.5 Å². The molecule has 0 aliphatic rings. The van der Waals surface area contributed by atoms with Crippen LogP contribution in [-0.4, -0.2) is 76.4 Å². The number of hydrogen-bond donors (Lipinski definition) is 0. The molecule has 0 aliphatic heterocycles. The van der Waals surface area contributed by atoms with E-state index < -0.39 is 0 Å². The summed E-state index contributed by atoms with van der Waals surface area (Å²) in [7, 11) is 0. The number of hydrogen-bond acceptors (Lipinski definition) is 2. The van der Waals surface area contributed by atoms with Gasteiger partial charge in [0.1, 0.15) is 0 Å². The minimum absolute atomic E-state index is 0.578. The molecule has 132 valence electrons. The second-order valence-corrected chi connectivity index (χ2v) is 8.04. The standard InChI is InChI=1S/C14H32N3.2C2H5.Al/c1-7-16(8-2)13(5)11-15-12-14(6)17(9-3)10-4;2*1-2;/h13-14H,7-12H2,1-6H3;2*1H2,2H3;/q-1;;;+1. The van der Waals surface area contributed by atoms with Crippen LogP contribution in [0.1, 0.15) is 55.4 Å². The molecule has 22 heavy (non-hydrogen) atoms. The van der Waals surface area contributed by atoms with Crippen LogP contribution in [0.2, 0.25) is 10.6 Å². The van der Waals surface area contributed by atoms with Crippen LogP contribution in [0, 0.1) is 0 Å². The molecule has 0 N–H and O–H groups in total. The molecule has 0 aromatic rings. The molecule has 0 amide bonds. The monoisotopic (exact) mass is 327 g/mol. The van der Waals surface area contributed by atoms with Gasteiger partial charge in [0.25, 0.3) is 0 Å². The van der Waals surface area contributed by atoms with Crippen molar-refractivity contribution in [3.63, 3.8) is 0 Å². The Morgan fingerprint density at radius 2 is 1.00 bits per heavy atom. The zero-order valence-electron chi connectivity index (χ0n) is 16.7. The van der Waals surface area contributed by atoms with Crippen molar-refractivity contribution >= 4 is 15.2 Å². The van der Waals surface area contributed by atoms with E-state index >= 15 is 0 Å². The van der Waals surface area contributed by atoms with Gasteiger partial charge < -0.3 is 15.1 Å². The van der Waals surface area contributed by atoms with Crippen LogP contribution >= 0.6 is 0 Å². The molecule has 0 bridgehead atoms. The van der Waals surface area contributed by atoms with E-state index in [4.69, 9.17) is 5.32 Å². The maximum absolute atomic E-state index is 4.72. The Kier molecular flexibility index (Phi) is 19.9. The number of nitrogens with zero attached hydrogens (tertiary/aromatic N) is 3. The van der Waals surface area contributed by atoms with Crippen LogP contribution in [0.4, 0.5) is 0 Å². The van der Waals surface area contributed by atoms with Crippen molar-refractivity contribution in [2.24, 2.45) is 0 Å². The maximum atomic E-state index is 4.72. The van der Waals surface area contributed by atoms with Crippen LogP contribution < -0.4 is 0 Å². The molecule has 2 unspecified atom stereocenters. The fourth-order valence-electron chi connectivity index (χ4n) is 2.66. The molecule has 2 atom stereocenters. The summed E-state index contributed by atoms with van der Waals surface area (Å²) < 4.78 is 0. The Labute approximate surface area is 147 Å². The first kappa shape index (κ1) is 24.7. The average molecular weight is 328 g/mol. The van der Waals surface area contributed by atoms with Crippen molar-refractivity contribution in [3.8, 4) is 0 Å². The van der Waals surface area contributed by atoms with Gasteiger partial charge >= 0.3 is 39.6 Å². The molecular formula is C18H42AlN3. The predicted octanol–water partition coefficient (Wildman–Crippen LogP) is 4.39. The summed E-state index contributed by atoms with van der Waals surface area (Å²) in [4.78, 5) is 4.93. The van der Waals surface area contributed by atoms with Crippen LogP contribution in [0.25, 0.3) is 5.32 Å². The first-order chi connectivity index (χ1) is 10.5. The summed E-state index contributed by atoms with van der Waals surface area (Å²) in [5, 5.41) is 7.58. The molecule has 0 spiro atoms. The van der Waals surface area contributed by atoms with Crippen molar-refractivity contribution < 1.29 is 0 Å². The Bertz CT molecular complexity index is 187. The second-order valence-electron chi connectivity index (χ2n) is 5.83.